The zero-order valence-corrected chi connectivity index (χ0v) is 11.6. The summed E-state index contributed by atoms with van der Waals surface area (Å²) in [6.45, 7) is 6.15. The van der Waals surface area contributed by atoms with Gasteiger partial charge in [-0.25, -0.2) is 0 Å². The summed E-state index contributed by atoms with van der Waals surface area (Å²) in [5.74, 6) is 0.263. The predicted molar refractivity (Wildman–Crippen MR) is 71.2 cm³/mol. The highest BCUT2D eigenvalue weighted by Gasteiger charge is 2.45. The molecule has 1 atom stereocenters. The van der Waals surface area contributed by atoms with E-state index in [9.17, 15) is 4.79 Å². The van der Waals surface area contributed by atoms with Crippen molar-refractivity contribution in [1.82, 2.24) is 10.2 Å². The maximum atomic E-state index is 12.4. The van der Waals surface area contributed by atoms with Crippen molar-refractivity contribution >= 4 is 5.91 Å². The maximum Gasteiger partial charge on any atom is 0.239 e. The average molecular weight is 254 g/mol. The van der Waals surface area contributed by atoms with Gasteiger partial charge in [0.1, 0.15) is 0 Å². The van der Waals surface area contributed by atoms with Crippen LogP contribution in [0.4, 0.5) is 0 Å². The molecule has 4 nitrogen and oxygen atoms in total. The van der Waals surface area contributed by atoms with Crippen molar-refractivity contribution in [1.29, 1.82) is 0 Å². The van der Waals surface area contributed by atoms with Gasteiger partial charge in [0.05, 0.1) is 6.04 Å². The third kappa shape index (κ3) is 3.23. The lowest BCUT2D eigenvalue weighted by molar-refractivity contribution is -0.137. The molecule has 1 unspecified atom stereocenters. The van der Waals surface area contributed by atoms with Crippen LogP contribution >= 0.6 is 0 Å². The fraction of sp³-hybridized carbons (Fsp3) is 0.929. The van der Waals surface area contributed by atoms with Gasteiger partial charge >= 0.3 is 0 Å². The van der Waals surface area contributed by atoms with Crippen molar-refractivity contribution in [2.24, 2.45) is 5.41 Å². The van der Waals surface area contributed by atoms with Gasteiger partial charge in [-0.15, -0.1) is 0 Å². The molecule has 2 aliphatic rings. The van der Waals surface area contributed by atoms with Crippen LogP contribution in [0.2, 0.25) is 0 Å². The van der Waals surface area contributed by atoms with Gasteiger partial charge in [-0.1, -0.05) is 13.8 Å². The molecule has 0 aromatic heterocycles. The van der Waals surface area contributed by atoms with Crippen molar-refractivity contribution in [3.8, 4) is 0 Å². The summed E-state index contributed by atoms with van der Waals surface area (Å²) >= 11 is 0. The Kier molecular flexibility index (Phi) is 4.28. The van der Waals surface area contributed by atoms with Crippen LogP contribution in [0.5, 0.6) is 0 Å². The van der Waals surface area contributed by atoms with E-state index in [0.29, 0.717) is 6.04 Å². The van der Waals surface area contributed by atoms with Crippen molar-refractivity contribution in [2.45, 2.75) is 58.0 Å². The summed E-state index contributed by atoms with van der Waals surface area (Å²) in [5, 5.41) is 12.5. The van der Waals surface area contributed by atoms with Crippen molar-refractivity contribution in [2.75, 3.05) is 19.7 Å². The summed E-state index contributed by atoms with van der Waals surface area (Å²) in [5.41, 5.74) is 0.240. The number of aliphatic hydroxyl groups excluding tert-OH is 1. The largest absolute Gasteiger partial charge is 0.396 e. The number of hydrogen-bond acceptors (Lipinski definition) is 3. The zero-order chi connectivity index (χ0) is 13.2. The van der Waals surface area contributed by atoms with Crippen LogP contribution < -0.4 is 5.32 Å². The van der Waals surface area contributed by atoms with E-state index < -0.39 is 0 Å². The molecule has 0 radical (unpaired) electrons. The molecule has 0 aromatic carbocycles. The fourth-order valence-electron chi connectivity index (χ4n) is 2.96. The monoisotopic (exact) mass is 254 g/mol. The molecule has 2 rings (SSSR count). The van der Waals surface area contributed by atoms with Crippen LogP contribution in [0, 0.1) is 5.41 Å². The first-order valence-corrected chi connectivity index (χ1v) is 7.22. The van der Waals surface area contributed by atoms with E-state index in [1.54, 1.807) is 0 Å². The van der Waals surface area contributed by atoms with Crippen LogP contribution in [0.25, 0.3) is 0 Å². The average Bonchev–Trinajstić information content (AvgIpc) is 3.04. The van der Waals surface area contributed by atoms with E-state index in [1.165, 1.54) is 12.8 Å². The Hall–Kier alpha value is -0.610. The van der Waals surface area contributed by atoms with E-state index in [2.05, 4.69) is 19.2 Å². The Morgan fingerprint density at radius 3 is 2.78 bits per heavy atom. The Bertz CT molecular complexity index is 300. The van der Waals surface area contributed by atoms with Crippen molar-refractivity contribution in [3.63, 3.8) is 0 Å². The number of aliphatic hydroxyl groups is 1. The lowest BCUT2D eigenvalue weighted by Gasteiger charge is -2.36. The lowest BCUT2D eigenvalue weighted by atomic mass is 9.98. The molecule has 0 spiro atoms. The van der Waals surface area contributed by atoms with Gasteiger partial charge in [0.2, 0.25) is 5.91 Å². The van der Waals surface area contributed by atoms with E-state index in [1.807, 2.05) is 4.90 Å². The van der Waals surface area contributed by atoms with Crippen LogP contribution in [-0.4, -0.2) is 47.7 Å². The molecule has 2 N–H and O–H groups in total. The molecular formula is C14H26N2O2. The molecule has 0 bridgehead atoms. The highest BCUT2D eigenvalue weighted by molar-refractivity contribution is 5.82. The summed E-state index contributed by atoms with van der Waals surface area (Å²) in [6, 6.07) is 0.356. The molecular weight excluding hydrogens is 228 g/mol. The molecule has 1 aliphatic carbocycles. The number of piperidine rings is 1. The van der Waals surface area contributed by atoms with E-state index >= 15 is 0 Å². The quantitative estimate of drug-likeness (QED) is 0.747. The Labute approximate surface area is 110 Å². The topological polar surface area (TPSA) is 52.6 Å². The third-order valence-electron chi connectivity index (χ3n) is 4.19. The molecule has 104 valence electrons. The highest BCUT2D eigenvalue weighted by Crippen LogP contribution is 2.49. The second-order valence-electron chi connectivity index (χ2n) is 6.25. The summed E-state index contributed by atoms with van der Waals surface area (Å²) in [6.07, 6.45) is 5.23. The minimum absolute atomic E-state index is 0.00340. The van der Waals surface area contributed by atoms with Crippen molar-refractivity contribution < 1.29 is 9.90 Å². The SMILES string of the molecule is CC(C)NC1CCCN(CC2(CCO)CC2)C1=O. The fourth-order valence-corrected chi connectivity index (χ4v) is 2.96. The minimum Gasteiger partial charge on any atom is -0.396 e. The molecule has 1 saturated carbocycles. The number of nitrogens with zero attached hydrogens (tertiary/aromatic N) is 1. The highest BCUT2D eigenvalue weighted by atomic mass is 16.3. The van der Waals surface area contributed by atoms with Gasteiger partial charge in [-0.2, -0.15) is 0 Å². The van der Waals surface area contributed by atoms with E-state index in [-0.39, 0.29) is 24.0 Å². The molecule has 2 fully saturated rings. The molecule has 0 aromatic rings. The van der Waals surface area contributed by atoms with E-state index in [4.69, 9.17) is 5.11 Å². The Morgan fingerprint density at radius 2 is 2.22 bits per heavy atom. The van der Waals surface area contributed by atoms with Gasteiger partial charge < -0.3 is 15.3 Å². The minimum atomic E-state index is 0.00340. The lowest BCUT2D eigenvalue weighted by Crippen LogP contribution is -2.53. The van der Waals surface area contributed by atoms with Crippen molar-refractivity contribution in [3.05, 3.63) is 0 Å². The first-order valence-electron chi connectivity index (χ1n) is 7.22. The van der Waals surface area contributed by atoms with Gasteiger partial charge in [-0.05, 0) is 37.5 Å². The maximum absolute atomic E-state index is 12.4. The number of hydrogen-bond donors (Lipinski definition) is 2. The van der Waals surface area contributed by atoms with Gasteiger partial charge in [0, 0.05) is 25.7 Å². The molecule has 1 aliphatic heterocycles. The molecule has 1 heterocycles. The van der Waals surface area contributed by atoms with Crippen LogP contribution in [0.3, 0.4) is 0 Å². The number of rotatable bonds is 6. The number of amides is 1. The predicted octanol–water partition coefficient (Wildman–Crippen LogP) is 1.14. The van der Waals surface area contributed by atoms with Crippen LogP contribution in [0.1, 0.15) is 46.0 Å². The third-order valence-corrected chi connectivity index (χ3v) is 4.19. The number of likely N-dealkylation sites (tertiary alicyclic amines) is 1. The Morgan fingerprint density at radius 1 is 1.50 bits per heavy atom. The number of carbonyl (C=O) groups is 1. The first-order chi connectivity index (χ1) is 8.56. The number of nitrogens with one attached hydrogen (secondary N) is 1. The molecule has 1 amide bonds. The summed E-state index contributed by atoms with van der Waals surface area (Å²) in [4.78, 5) is 14.4. The Balaban J connectivity index is 1.90. The normalized spacial score (nSPS) is 26.8. The smallest absolute Gasteiger partial charge is 0.239 e. The second kappa shape index (κ2) is 5.57. The summed E-state index contributed by atoms with van der Waals surface area (Å²) < 4.78 is 0. The van der Waals surface area contributed by atoms with E-state index in [0.717, 1.165) is 32.4 Å². The van der Waals surface area contributed by atoms with Gasteiger partial charge in [0.15, 0.2) is 0 Å². The van der Waals surface area contributed by atoms with Crippen LogP contribution in [0.15, 0.2) is 0 Å². The number of carbonyl (C=O) groups excluding carboxylic acids is 1. The molecule has 1 saturated heterocycles. The van der Waals surface area contributed by atoms with Gasteiger partial charge in [-0.3, -0.25) is 4.79 Å². The summed E-state index contributed by atoms with van der Waals surface area (Å²) in [7, 11) is 0. The first kappa shape index (κ1) is 13.8. The molecule has 4 heteroatoms. The standard InChI is InChI=1S/C14H26N2O2/c1-11(2)15-12-4-3-8-16(13(12)18)10-14(5-6-14)7-9-17/h11-12,15,17H,3-10H2,1-2H3. The van der Waals surface area contributed by atoms with Crippen LogP contribution in [-0.2, 0) is 4.79 Å². The molecule has 18 heavy (non-hydrogen) atoms. The second-order valence-corrected chi connectivity index (χ2v) is 6.25. The zero-order valence-electron chi connectivity index (χ0n) is 11.6. The van der Waals surface area contributed by atoms with Gasteiger partial charge in [0.25, 0.3) is 0 Å².